The zero-order chi connectivity index (χ0) is 16.0. The number of nitrogens with zero attached hydrogens (tertiary/aromatic N) is 3. The first-order valence-corrected chi connectivity index (χ1v) is 8.11. The topological polar surface area (TPSA) is 81.2 Å². The summed E-state index contributed by atoms with van der Waals surface area (Å²) in [6.45, 7) is 1.54. The fraction of sp³-hybridized carbons (Fsp3) is 0.471. The number of aromatic nitrogens is 2. The van der Waals surface area contributed by atoms with Crippen LogP contribution in [0.3, 0.4) is 0 Å². The van der Waals surface area contributed by atoms with E-state index < -0.39 is 0 Å². The monoisotopic (exact) mass is 348 g/mol. The van der Waals surface area contributed by atoms with Crippen LogP contribution < -0.4 is 11.3 Å². The van der Waals surface area contributed by atoms with Crippen molar-refractivity contribution in [3.05, 3.63) is 40.9 Å². The number of hydrogen-bond donors (Lipinski definition) is 1. The molecule has 7 heteroatoms. The second-order valence-corrected chi connectivity index (χ2v) is 6.66. The summed E-state index contributed by atoms with van der Waals surface area (Å²) < 4.78 is 1.40. The van der Waals surface area contributed by atoms with Crippen LogP contribution in [0.4, 0.5) is 0 Å². The number of hydrogen-bond acceptors (Lipinski definition) is 4. The van der Waals surface area contributed by atoms with Crippen molar-refractivity contribution in [3.8, 4) is 0 Å². The number of carbonyl (C=O) groups excluding carboxylic acids is 1. The molecule has 1 aromatic carbocycles. The van der Waals surface area contributed by atoms with Crippen molar-refractivity contribution in [2.75, 3.05) is 13.1 Å². The highest BCUT2D eigenvalue weighted by molar-refractivity contribution is 5.85. The SMILES string of the molecule is Cl.NC1CCC2CN(C(=O)Cn3cnc4ccccc4c3=O)CC12. The molecule has 1 saturated carbocycles. The Balaban J connectivity index is 0.00000169. The van der Waals surface area contributed by atoms with E-state index in [9.17, 15) is 9.59 Å². The molecular weight excluding hydrogens is 328 g/mol. The summed E-state index contributed by atoms with van der Waals surface area (Å²) >= 11 is 0. The summed E-state index contributed by atoms with van der Waals surface area (Å²) in [5.74, 6) is 0.927. The zero-order valence-electron chi connectivity index (χ0n) is 13.3. The molecule has 3 unspecified atom stereocenters. The third-order valence-corrected chi connectivity index (χ3v) is 5.30. The maximum atomic E-state index is 12.5. The number of fused-ring (bicyclic) bond motifs is 2. The van der Waals surface area contributed by atoms with Gasteiger partial charge >= 0.3 is 0 Å². The Labute approximate surface area is 146 Å². The minimum absolute atomic E-state index is 0. The summed E-state index contributed by atoms with van der Waals surface area (Å²) in [6, 6.07) is 7.40. The van der Waals surface area contributed by atoms with Gasteiger partial charge in [-0.2, -0.15) is 0 Å². The Morgan fingerprint density at radius 1 is 1.25 bits per heavy atom. The average molecular weight is 349 g/mol. The van der Waals surface area contributed by atoms with Crippen molar-refractivity contribution in [2.24, 2.45) is 17.6 Å². The van der Waals surface area contributed by atoms with Crippen LogP contribution in [0.15, 0.2) is 35.4 Å². The van der Waals surface area contributed by atoms with Crippen molar-refractivity contribution in [1.29, 1.82) is 0 Å². The third kappa shape index (κ3) is 2.80. The first-order chi connectivity index (χ1) is 11.1. The van der Waals surface area contributed by atoms with Crippen LogP contribution in [-0.2, 0) is 11.3 Å². The number of benzene rings is 1. The van der Waals surface area contributed by atoms with Gasteiger partial charge in [-0.25, -0.2) is 4.98 Å². The van der Waals surface area contributed by atoms with Crippen LogP contribution >= 0.6 is 12.4 Å². The number of rotatable bonds is 2. The van der Waals surface area contributed by atoms with Gasteiger partial charge in [0.2, 0.25) is 5.91 Å². The smallest absolute Gasteiger partial charge is 0.261 e. The number of para-hydroxylation sites is 1. The minimum atomic E-state index is -0.167. The lowest BCUT2D eigenvalue weighted by molar-refractivity contribution is -0.131. The van der Waals surface area contributed by atoms with Gasteiger partial charge in [0.15, 0.2) is 0 Å². The second kappa shape index (κ2) is 6.53. The molecule has 6 nitrogen and oxygen atoms in total. The number of halogens is 1. The van der Waals surface area contributed by atoms with Gasteiger partial charge in [0, 0.05) is 19.1 Å². The molecule has 4 rings (SSSR count). The van der Waals surface area contributed by atoms with Crippen LogP contribution in [0.1, 0.15) is 12.8 Å². The average Bonchev–Trinajstić information content (AvgIpc) is 3.13. The van der Waals surface area contributed by atoms with E-state index in [2.05, 4.69) is 4.98 Å². The Morgan fingerprint density at radius 2 is 2.04 bits per heavy atom. The van der Waals surface area contributed by atoms with Crippen molar-refractivity contribution in [1.82, 2.24) is 14.5 Å². The molecule has 3 atom stereocenters. The highest BCUT2D eigenvalue weighted by Gasteiger charge is 2.42. The first-order valence-electron chi connectivity index (χ1n) is 8.11. The summed E-state index contributed by atoms with van der Waals surface area (Å²) in [5, 5.41) is 0.545. The molecule has 1 amide bonds. The Morgan fingerprint density at radius 3 is 2.83 bits per heavy atom. The van der Waals surface area contributed by atoms with Crippen LogP contribution in [0, 0.1) is 11.8 Å². The molecule has 2 fully saturated rings. The Hall–Kier alpha value is -1.92. The molecule has 2 heterocycles. The van der Waals surface area contributed by atoms with Crippen molar-refractivity contribution in [2.45, 2.75) is 25.4 Å². The summed E-state index contributed by atoms with van der Waals surface area (Å²) in [7, 11) is 0. The molecule has 1 saturated heterocycles. The molecule has 1 aromatic heterocycles. The van der Waals surface area contributed by atoms with E-state index in [-0.39, 0.29) is 36.5 Å². The van der Waals surface area contributed by atoms with Gasteiger partial charge in [0.05, 0.1) is 17.2 Å². The van der Waals surface area contributed by atoms with E-state index >= 15 is 0 Å². The van der Waals surface area contributed by atoms with Gasteiger partial charge in [-0.3, -0.25) is 14.2 Å². The normalized spacial score (nSPS) is 25.5. The van der Waals surface area contributed by atoms with E-state index in [1.54, 1.807) is 18.2 Å². The lowest BCUT2D eigenvalue weighted by Crippen LogP contribution is -2.37. The molecule has 2 aromatic rings. The maximum Gasteiger partial charge on any atom is 0.261 e. The lowest BCUT2D eigenvalue weighted by atomic mass is 9.98. The molecule has 1 aliphatic heterocycles. The molecule has 2 N–H and O–H groups in total. The van der Waals surface area contributed by atoms with Gasteiger partial charge < -0.3 is 10.6 Å². The zero-order valence-corrected chi connectivity index (χ0v) is 14.1. The molecule has 128 valence electrons. The van der Waals surface area contributed by atoms with E-state index in [1.807, 2.05) is 11.0 Å². The third-order valence-electron chi connectivity index (χ3n) is 5.30. The van der Waals surface area contributed by atoms with Crippen LogP contribution in [0.2, 0.25) is 0 Å². The molecular formula is C17H21ClN4O2. The minimum Gasteiger partial charge on any atom is -0.341 e. The number of nitrogens with two attached hydrogens (primary N) is 1. The molecule has 1 aliphatic carbocycles. The number of likely N-dealkylation sites (tertiary alicyclic amines) is 1. The molecule has 0 bridgehead atoms. The number of amides is 1. The summed E-state index contributed by atoms with van der Waals surface area (Å²) in [6.07, 6.45) is 3.63. The van der Waals surface area contributed by atoms with Crippen molar-refractivity contribution < 1.29 is 4.79 Å². The fourth-order valence-electron chi connectivity index (χ4n) is 3.98. The highest BCUT2D eigenvalue weighted by atomic mass is 35.5. The van der Waals surface area contributed by atoms with E-state index in [0.29, 0.717) is 22.7 Å². The van der Waals surface area contributed by atoms with Crippen molar-refractivity contribution in [3.63, 3.8) is 0 Å². The van der Waals surface area contributed by atoms with Gasteiger partial charge in [0.25, 0.3) is 5.56 Å². The van der Waals surface area contributed by atoms with Gasteiger partial charge in [-0.1, -0.05) is 12.1 Å². The fourth-order valence-corrected chi connectivity index (χ4v) is 3.98. The second-order valence-electron chi connectivity index (χ2n) is 6.66. The Bertz CT molecular complexity index is 822. The quantitative estimate of drug-likeness (QED) is 0.878. The molecule has 0 radical (unpaired) electrons. The van der Waals surface area contributed by atoms with Gasteiger partial charge in [-0.05, 0) is 36.8 Å². The van der Waals surface area contributed by atoms with Crippen LogP contribution in [0.25, 0.3) is 10.9 Å². The van der Waals surface area contributed by atoms with Crippen molar-refractivity contribution >= 4 is 29.2 Å². The summed E-state index contributed by atoms with van der Waals surface area (Å²) in [5.41, 5.74) is 6.61. The summed E-state index contributed by atoms with van der Waals surface area (Å²) in [4.78, 5) is 31.1. The van der Waals surface area contributed by atoms with E-state index in [1.165, 1.54) is 10.9 Å². The van der Waals surface area contributed by atoms with Crippen LogP contribution in [0.5, 0.6) is 0 Å². The predicted molar refractivity (Wildman–Crippen MR) is 94.0 cm³/mol. The molecule has 2 aliphatic rings. The lowest BCUT2D eigenvalue weighted by Gasteiger charge is -2.19. The first kappa shape index (κ1) is 16.9. The standard InChI is InChI=1S/C17H20N4O2.ClH/c18-14-6-5-11-7-20(8-13(11)14)16(22)9-21-10-19-15-4-2-1-3-12(15)17(21)23;/h1-4,10-11,13-14H,5-9,18H2;1H. The molecule has 24 heavy (non-hydrogen) atoms. The van der Waals surface area contributed by atoms with Crippen LogP contribution in [-0.4, -0.2) is 39.5 Å². The van der Waals surface area contributed by atoms with Gasteiger partial charge in [-0.15, -0.1) is 12.4 Å². The predicted octanol–water partition coefficient (Wildman–Crippen LogP) is 1.01. The highest BCUT2D eigenvalue weighted by Crippen LogP contribution is 2.37. The van der Waals surface area contributed by atoms with Gasteiger partial charge in [0.1, 0.15) is 6.54 Å². The van der Waals surface area contributed by atoms with E-state index in [4.69, 9.17) is 5.73 Å². The molecule has 0 spiro atoms. The maximum absolute atomic E-state index is 12.5. The Kier molecular flexibility index (Phi) is 4.60. The van der Waals surface area contributed by atoms with E-state index in [0.717, 1.165) is 25.9 Å². The number of carbonyl (C=O) groups is 1. The largest absolute Gasteiger partial charge is 0.341 e.